The van der Waals surface area contributed by atoms with Crippen LogP contribution in [0, 0.1) is 13.8 Å². The number of hydrogen-bond acceptors (Lipinski definition) is 7. The summed E-state index contributed by atoms with van der Waals surface area (Å²) in [5, 5.41) is 0.855. The molecule has 1 aliphatic heterocycles. The Morgan fingerprint density at radius 1 is 1.15 bits per heavy atom. The van der Waals surface area contributed by atoms with Crippen LogP contribution in [-0.2, 0) is 4.74 Å². The molecular formula is C24H17BrN2O5S. The summed E-state index contributed by atoms with van der Waals surface area (Å²) in [7, 11) is 1.31. The molecule has 2 aromatic carbocycles. The molecule has 1 atom stereocenters. The van der Waals surface area contributed by atoms with E-state index in [1.807, 2.05) is 13.8 Å². The van der Waals surface area contributed by atoms with Crippen LogP contribution in [0.4, 0.5) is 5.13 Å². The van der Waals surface area contributed by atoms with Crippen LogP contribution < -0.4 is 10.3 Å². The molecule has 4 aromatic rings. The van der Waals surface area contributed by atoms with Crippen molar-refractivity contribution in [2.45, 2.75) is 19.9 Å². The number of aryl methyl sites for hydroxylation is 2. The van der Waals surface area contributed by atoms with Crippen molar-refractivity contribution in [3.05, 3.63) is 90.2 Å². The van der Waals surface area contributed by atoms with Crippen molar-refractivity contribution < 1.29 is 18.7 Å². The second-order valence-corrected chi connectivity index (χ2v) is 9.74. The fourth-order valence-electron chi connectivity index (χ4n) is 3.94. The highest BCUT2D eigenvalue weighted by molar-refractivity contribution is 9.10. The lowest BCUT2D eigenvalue weighted by molar-refractivity contribution is 0.0600. The maximum absolute atomic E-state index is 13.6. The van der Waals surface area contributed by atoms with Crippen molar-refractivity contribution in [1.29, 1.82) is 0 Å². The van der Waals surface area contributed by atoms with Gasteiger partial charge in [-0.1, -0.05) is 28.1 Å². The fourth-order valence-corrected chi connectivity index (χ4v) is 5.23. The SMILES string of the molecule is COC(=O)c1ccc([C@H]2c3c(oc4ccc(Br)cc4c3=O)C(=O)N2c2nc(C)c(C)s2)cc1. The molecule has 0 saturated carbocycles. The van der Waals surface area contributed by atoms with E-state index >= 15 is 0 Å². The van der Waals surface area contributed by atoms with Gasteiger partial charge in [-0.05, 0) is 49.7 Å². The van der Waals surface area contributed by atoms with Gasteiger partial charge in [-0.25, -0.2) is 9.78 Å². The second-order valence-electron chi connectivity index (χ2n) is 7.64. The van der Waals surface area contributed by atoms with Crippen molar-refractivity contribution in [2.75, 3.05) is 12.0 Å². The molecule has 5 rings (SSSR count). The molecule has 0 spiro atoms. The molecule has 0 aliphatic carbocycles. The van der Waals surface area contributed by atoms with Gasteiger partial charge in [-0.3, -0.25) is 14.5 Å². The summed E-state index contributed by atoms with van der Waals surface area (Å²) in [6.07, 6.45) is 0. The van der Waals surface area contributed by atoms with Crippen LogP contribution in [0.15, 0.2) is 56.1 Å². The van der Waals surface area contributed by atoms with E-state index in [4.69, 9.17) is 9.15 Å². The Labute approximate surface area is 200 Å². The van der Waals surface area contributed by atoms with E-state index in [1.54, 1.807) is 42.5 Å². The van der Waals surface area contributed by atoms with E-state index in [-0.39, 0.29) is 16.8 Å². The van der Waals surface area contributed by atoms with E-state index in [9.17, 15) is 14.4 Å². The molecule has 0 bridgehead atoms. The van der Waals surface area contributed by atoms with E-state index < -0.39 is 17.9 Å². The third-order valence-electron chi connectivity index (χ3n) is 5.70. The van der Waals surface area contributed by atoms with Crippen molar-refractivity contribution in [3.63, 3.8) is 0 Å². The predicted molar refractivity (Wildman–Crippen MR) is 128 cm³/mol. The molecular weight excluding hydrogens is 508 g/mol. The quantitative estimate of drug-likeness (QED) is 0.343. The Bertz CT molecular complexity index is 1490. The maximum atomic E-state index is 13.6. The summed E-state index contributed by atoms with van der Waals surface area (Å²) in [6, 6.07) is 11.0. The summed E-state index contributed by atoms with van der Waals surface area (Å²) < 4.78 is 11.5. The minimum atomic E-state index is -0.747. The largest absolute Gasteiger partial charge is 0.465 e. The highest BCUT2D eigenvalue weighted by atomic mass is 79.9. The van der Waals surface area contributed by atoms with Crippen LogP contribution in [0.3, 0.4) is 0 Å². The number of rotatable bonds is 3. The van der Waals surface area contributed by atoms with E-state index in [0.29, 0.717) is 27.2 Å². The van der Waals surface area contributed by atoms with Crippen LogP contribution >= 0.6 is 27.3 Å². The number of anilines is 1. The van der Waals surface area contributed by atoms with Gasteiger partial charge in [0.05, 0.1) is 35.4 Å². The van der Waals surface area contributed by atoms with Crippen LogP contribution in [0.2, 0.25) is 0 Å². The molecule has 0 unspecified atom stereocenters. The average Bonchev–Trinajstić information content (AvgIpc) is 3.29. The molecule has 2 aromatic heterocycles. The Morgan fingerprint density at radius 3 is 2.52 bits per heavy atom. The zero-order chi connectivity index (χ0) is 23.4. The summed E-state index contributed by atoms with van der Waals surface area (Å²) in [4.78, 5) is 46.1. The normalized spacial score (nSPS) is 15.2. The number of thiazole rings is 1. The summed E-state index contributed by atoms with van der Waals surface area (Å²) in [6.45, 7) is 3.80. The van der Waals surface area contributed by atoms with Crippen molar-refractivity contribution in [2.24, 2.45) is 0 Å². The first-order valence-electron chi connectivity index (χ1n) is 10.0. The molecule has 0 fully saturated rings. The number of hydrogen-bond donors (Lipinski definition) is 0. The molecule has 166 valence electrons. The number of methoxy groups -OCH3 is 1. The monoisotopic (exact) mass is 524 g/mol. The van der Waals surface area contributed by atoms with Gasteiger partial charge in [-0.2, -0.15) is 0 Å². The Hall–Kier alpha value is -3.30. The Kier molecular flexibility index (Phi) is 5.18. The average molecular weight is 525 g/mol. The number of aromatic nitrogens is 1. The van der Waals surface area contributed by atoms with Crippen LogP contribution in [-0.4, -0.2) is 24.0 Å². The molecule has 0 N–H and O–H groups in total. The number of ether oxygens (including phenoxy) is 1. The lowest BCUT2D eigenvalue weighted by Gasteiger charge is -2.22. The molecule has 7 nitrogen and oxygen atoms in total. The Balaban J connectivity index is 1.77. The van der Waals surface area contributed by atoms with Gasteiger partial charge in [0, 0.05) is 9.35 Å². The first-order valence-corrected chi connectivity index (χ1v) is 11.6. The lowest BCUT2D eigenvalue weighted by atomic mass is 9.98. The van der Waals surface area contributed by atoms with Crippen molar-refractivity contribution in [1.82, 2.24) is 4.98 Å². The maximum Gasteiger partial charge on any atom is 0.337 e. The first-order chi connectivity index (χ1) is 15.8. The van der Waals surface area contributed by atoms with Gasteiger partial charge in [0.2, 0.25) is 5.76 Å². The van der Waals surface area contributed by atoms with Crippen LogP contribution in [0.5, 0.6) is 0 Å². The highest BCUT2D eigenvalue weighted by Crippen LogP contribution is 2.43. The number of benzene rings is 2. The third kappa shape index (κ3) is 3.39. The van der Waals surface area contributed by atoms with E-state index in [0.717, 1.165) is 15.0 Å². The summed E-state index contributed by atoms with van der Waals surface area (Å²) >= 11 is 4.77. The van der Waals surface area contributed by atoms with Gasteiger partial charge in [-0.15, -0.1) is 11.3 Å². The standard InChI is InChI=1S/C24H17BrN2O5S/c1-11-12(2)33-24(26-11)27-19(13-4-6-14(7-5-13)23(30)31-3)18-20(28)16-10-15(25)8-9-17(16)32-21(18)22(27)29/h4-10,19H,1-3H3/t19-/m0/s1. The van der Waals surface area contributed by atoms with E-state index in [2.05, 4.69) is 20.9 Å². The van der Waals surface area contributed by atoms with Gasteiger partial charge in [0.1, 0.15) is 5.58 Å². The Morgan fingerprint density at radius 2 is 1.88 bits per heavy atom. The van der Waals surface area contributed by atoms with Crippen LogP contribution in [0.1, 0.15) is 48.7 Å². The fraction of sp³-hybridized carbons (Fsp3) is 0.167. The predicted octanol–water partition coefficient (Wildman–Crippen LogP) is 5.17. The first kappa shape index (κ1) is 21.5. The summed E-state index contributed by atoms with van der Waals surface area (Å²) in [5.74, 6) is -0.895. The van der Waals surface area contributed by atoms with E-state index in [1.165, 1.54) is 23.3 Å². The minimum absolute atomic E-state index is 0.00220. The molecule has 3 heterocycles. The van der Waals surface area contributed by atoms with Crippen molar-refractivity contribution >= 4 is 55.2 Å². The smallest absolute Gasteiger partial charge is 0.337 e. The molecule has 0 saturated heterocycles. The third-order valence-corrected chi connectivity index (χ3v) is 7.27. The number of fused-ring (bicyclic) bond motifs is 2. The highest BCUT2D eigenvalue weighted by Gasteiger charge is 2.45. The summed E-state index contributed by atoms with van der Waals surface area (Å²) in [5.41, 5.74) is 2.14. The molecule has 1 amide bonds. The number of amides is 1. The zero-order valence-corrected chi connectivity index (χ0v) is 20.2. The molecule has 1 aliphatic rings. The molecule has 33 heavy (non-hydrogen) atoms. The molecule has 9 heteroatoms. The van der Waals surface area contributed by atoms with Crippen molar-refractivity contribution in [3.8, 4) is 0 Å². The van der Waals surface area contributed by atoms with Gasteiger partial charge in [0.25, 0.3) is 5.91 Å². The number of halogens is 1. The minimum Gasteiger partial charge on any atom is -0.465 e. The topological polar surface area (TPSA) is 89.7 Å². The van der Waals surface area contributed by atoms with Gasteiger partial charge in [0.15, 0.2) is 10.6 Å². The molecule has 0 radical (unpaired) electrons. The number of nitrogens with zero attached hydrogens (tertiary/aromatic N) is 2. The van der Waals surface area contributed by atoms with Gasteiger partial charge >= 0.3 is 5.97 Å². The number of carbonyl (C=O) groups is 2. The number of carbonyl (C=O) groups excluding carboxylic acids is 2. The zero-order valence-electron chi connectivity index (χ0n) is 17.8. The second kappa shape index (κ2) is 7.93. The van der Waals surface area contributed by atoms with Gasteiger partial charge < -0.3 is 9.15 Å². The lowest BCUT2D eigenvalue weighted by Crippen LogP contribution is -2.29. The number of esters is 1. The van der Waals surface area contributed by atoms with Crippen LogP contribution in [0.25, 0.3) is 11.0 Å².